The van der Waals surface area contributed by atoms with Crippen LogP contribution >= 0.6 is 0 Å². The third kappa shape index (κ3) is 2.63. The minimum atomic E-state index is -0.557. The van der Waals surface area contributed by atoms with Crippen molar-refractivity contribution in [1.82, 2.24) is 0 Å². The maximum atomic E-state index is 11.1. The fraction of sp³-hybridized carbons (Fsp3) is 0.222. The average Bonchev–Trinajstić information content (AvgIpc) is 2.19. The van der Waals surface area contributed by atoms with Crippen LogP contribution in [0.4, 0.5) is 11.4 Å². The molecule has 14 heavy (non-hydrogen) atoms. The van der Waals surface area contributed by atoms with Crippen molar-refractivity contribution in [3.05, 3.63) is 29.2 Å². The number of nitrogens with two attached hydrogens (primary N) is 1. The van der Waals surface area contributed by atoms with Gasteiger partial charge in [0, 0.05) is 5.69 Å². The SMILES string of the molecule is CC(N)C(=O)Nc1ccc(N=O)cc1. The Morgan fingerprint density at radius 3 is 2.43 bits per heavy atom. The normalized spacial score (nSPS) is 11.9. The summed E-state index contributed by atoms with van der Waals surface area (Å²) in [5, 5.41) is 5.32. The smallest absolute Gasteiger partial charge is 0.240 e. The fourth-order valence-electron chi connectivity index (χ4n) is 0.862. The third-order valence-electron chi connectivity index (χ3n) is 1.65. The van der Waals surface area contributed by atoms with Gasteiger partial charge in [0.15, 0.2) is 0 Å². The van der Waals surface area contributed by atoms with Gasteiger partial charge in [0.2, 0.25) is 5.91 Å². The fourth-order valence-corrected chi connectivity index (χ4v) is 0.862. The largest absolute Gasteiger partial charge is 0.325 e. The summed E-state index contributed by atoms with van der Waals surface area (Å²) in [7, 11) is 0. The minimum absolute atomic E-state index is 0.267. The molecule has 1 rings (SSSR count). The monoisotopic (exact) mass is 193 g/mol. The van der Waals surface area contributed by atoms with E-state index in [9.17, 15) is 9.70 Å². The Labute approximate surface area is 81.3 Å². The molecule has 74 valence electrons. The molecule has 1 aromatic carbocycles. The Hall–Kier alpha value is -1.75. The van der Waals surface area contributed by atoms with Crippen molar-refractivity contribution in [3.8, 4) is 0 Å². The maximum absolute atomic E-state index is 11.1. The standard InChI is InChI=1S/C9H11N3O2/c1-6(10)9(13)11-7-2-4-8(12-14)5-3-7/h2-6H,10H2,1H3,(H,11,13). The Bertz CT molecular complexity index is 332. The first-order valence-electron chi connectivity index (χ1n) is 4.13. The Balaban J connectivity index is 2.69. The highest BCUT2D eigenvalue weighted by molar-refractivity contribution is 5.94. The summed E-state index contributed by atoms with van der Waals surface area (Å²) in [4.78, 5) is 21.2. The number of carbonyl (C=O) groups excluding carboxylic acids is 1. The van der Waals surface area contributed by atoms with Gasteiger partial charge in [0.25, 0.3) is 0 Å². The van der Waals surface area contributed by atoms with E-state index in [4.69, 9.17) is 5.73 Å². The van der Waals surface area contributed by atoms with Crippen molar-refractivity contribution in [2.45, 2.75) is 13.0 Å². The molecule has 0 spiro atoms. The highest BCUT2D eigenvalue weighted by atomic mass is 16.3. The van der Waals surface area contributed by atoms with Gasteiger partial charge in [-0.3, -0.25) is 4.79 Å². The molecule has 5 heteroatoms. The average molecular weight is 193 g/mol. The summed E-state index contributed by atoms with van der Waals surface area (Å²) in [6.07, 6.45) is 0. The van der Waals surface area contributed by atoms with Gasteiger partial charge in [-0.05, 0) is 36.4 Å². The summed E-state index contributed by atoms with van der Waals surface area (Å²) in [5.41, 5.74) is 6.28. The zero-order valence-electron chi connectivity index (χ0n) is 7.73. The van der Waals surface area contributed by atoms with E-state index >= 15 is 0 Å². The van der Waals surface area contributed by atoms with Gasteiger partial charge in [-0.2, -0.15) is 0 Å². The van der Waals surface area contributed by atoms with Crippen LogP contribution in [-0.4, -0.2) is 11.9 Å². The number of nitrogens with one attached hydrogen (secondary N) is 1. The molecule has 1 atom stereocenters. The van der Waals surface area contributed by atoms with E-state index in [-0.39, 0.29) is 5.91 Å². The maximum Gasteiger partial charge on any atom is 0.240 e. The molecule has 0 fully saturated rings. The zero-order valence-corrected chi connectivity index (χ0v) is 7.73. The second-order valence-electron chi connectivity index (χ2n) is 2.92. The van der Waals surface area contributed by atoms with Crippen molar-refractivity contribution < 1.29 is 4.79 Å². The van der Waals surface area contributed by atoms with Gasteiger partial charge in [-0.15, -0.1) is 4.91 Å². The number of anilines is 1. The van der Waals surface area contributed by atoms with Crippen LogP contribution in [0.5, 0.6) is 0 Å². The van der Waals surface area contributed by atoms with E-state index in [0.717, 1.165) is 0 Å². The molecule has 0 aliphatic carbocycles. The van der Waals surface area contributed by atoms with Gasteiger partial charge in [-0.25, -0.2) is 0 Å². The van der Waals surface area contributed by atoms with Gasteiger partial charge in [0.1, 0.15) is 5.69 Å². The third-order valence-corrected chi connectivity index (χ3v) is 1.65. The number of benzene rings is 1. The molecule has 1 unspecified atom stereocenters. The summed E-state index contributed by atoms with van der Waals surface area (Å²) in [6, 6.07) is 5.67. The van der Waals surface area contributed by atoms with Crippen LogP contribution in [0.3, 0.4) is 0 Å². The lowest BCUT2D eigenvalue weighted by Crippen LogP contribution is -2.32. The first-order valence-corrected chi connectivity index (χ1v) is 4.13. The van der Waals surface area contributed by atoms with E-state index < -0.39 is 6.04 Å². The first-order chi connectivity index (χ1) is 6.63. The second kappa shape index (κ2) is 4.48. The Morgan fingerprint density at radius 2 is 2.00 bits per heavy atom. The number of amides is 1. The van der Waals surface area contributed by atoms with Crippen molar-refractivity contribution in [2.24, 2.45) is 10.9 Å². The Kier molecular flexibility index (Phi) is 3.30. The van der Waals surface area contributed by atoms with Crippen LogP contribution in [-0.2, 0) is 4.79 Å². The highest BCUT2D eigenvalue weighted by Gasteiger charge is 2.06. The van der Waals surface area contributed by atoms with Gasteiger partial charge in [-0.1, -0.05) is 0 Å². The van der Waals surface area contributed by atoms with Gasteiger partial charge >= 0.3 is 0 Å². The van der Waals surface area contributed by atoms with E-state index in [1.807, 2.05) is 0 Å². The van der Waals surface area contributed by atoms with E-state index in [0.29, 0.717) is 11.4 Å². The lowest BCUT2D eigenvalue weighted by Gasteiger charge is -2.06. The van der Waals surface area contributed by atoms with Crippen molar-refractivity contribution >= 4 is 17.3 Å². The molecule has 0 bridgehead atoms. The molecule has 0 radical (unpaired) electrons. The number of nitroso groups, excluding NO2 is 1. The van der Waals surface area contributed by atoms with Crippen molar-refractivity contribution in [2.75, 3.05) is 5.32 Å². The predicted octanol–water partition coefficient (Wildman–Crippen LogP) is 1.37. The minimum Gasteiger partial charge on any atom is -0.325 e. The molecule has 0 aromatic heterocycles. The topological polar surface area (TPSA) is 84.6 Å². The number of carbonyl (C=O) groups is 1. The number of nitrogens with zero attached hydrogens (tertiary/aromatic N) is 1. The molecule has 0 saturated carbocycles. The number of hydrogen-bond donors (Lipinski definition) is 2. The van der Waals surface area contributed by atoms with Crippen LogP contribution in [0, 0.1) is 4.91 Å². The molecule has 0 heterocycles. The molecule has 0 saturated heterocycles. The molecule has 1 amide bonds. The molecular weight excluding hydrogens is 182 g/mol. The van der Waals surface area contributed by atoms with Crippen LogP contribution < -0.4 is 11.1 Å². The predicted molar refractivity (Wildman–Crippen MR) is 54.2 cm³/mol. The summed E-state index contributed by atoms with van der Waals surface area (Å²) in [5.74, 6) is -0.267. The summed E-state index contributed by atoms with van der Waals surface area (Å²) in [6.45, 7) is 1.59. The molecule has 0 aliphatic heterocycles. The van der Waals surface area contributed by atoms with Crippen LogP contribution in [0.1, 0.15) is 6.92 Å². The van der Waals surface area contributed by atoms with E-state index in [1.165, 1.54) is 12.1 Å². The lowest BCUT2D eigenvalue weighted by atomic mass is 10.2. The second-order valence-corrected chi connectivity index (χ2v) is 2.92. The molecule has 1 aromatic rings. The van der Waals surface area contributed by atoms with Crippen LogP contribution in [0.15, 0.2) is 29.4 Å². The summed E-state index contributed by atoms with van der Waals surface area (Å²) < 4.78 is 0. The summed E-state index contributed by atoms with van der Waals surface area (Å²) >= 11 is 0. The van der Waals surface area contributed by atoms with Gasteiger partial charge in [0.05, 0.1) is 6.04 Å². The van der Waals surface area contributed by atoms with Crippen LogP contribution in [0.2, 0.25) is 0 Å². The zero-order chi connectivity index (χ0) is 10.6. The quantitative estimate of drug-likeness (QED) is 0.711. The van der Waals surface area contributed by atoms with Crippen molar-refractivity contribution in [3.63, 3.8) is 0 Å². The van der Waals surface area contributed by atoms with E-state index in [1.54, 1.807) is 19.1 Å². The molecule has 0 aliphatic rings. The molecular formula is C9H11N3O2. The number of hydrogen-bond acceptors (Lipinski definition) is 4. The lowest BCUT2D eigenvalue weighted by molar-refractivity contribution is -0.117. The first kappa shape index (κ1) is 10.3. The Morgan fingerprint density at radius 1 is 1.43 bits per heavy atom. The molecule has 5 nitrogen and oxygen atoms in total. The van der Waals surface area contributed by atoms with E-state index in [2.05, 4.69) is 10.5 Å². The highest BCUT2D eigenvalue weighted by Crippen LogP contribution is 2.15. The van der Waals surface area contributed by atoms with Crippen LogP contribution in [0.25, 0.3) is 0 Å². The number of rotatable bonds is 3. The van der Waals surface area contributed by atoms with Gasteiger partial charge < -0.3 is 11.1 Å². The van der Waals surface area contributed by atoms with Crippen molar-refractivity contribution in [1.29, 1.82) is 0 Å². The molecule has 3 N–H and O–H groups in total.